The first-order chi connectivity index (χ1) is 14.4. The third-order valence-corrected chi connectivity index (χ3v) is 4.49. The number of methoxy groups -OCH3 is 1. The Morgan fingerprint density at radius 1 is 1.23 bits per heavy atom. The van der Waals surface area contributed by atoms with E-state index >= 15 is 0 Å². The van der Waals surface area contributed by atoms with E-state index in [1.54, 1.807) is 27.7 Å². The van der Waals surface area contributed by atoms with Gasteiger partial charge in [-0.15, -0.1) is 0 Å². The topological polar surface area (TPSA) is 106 Å². The second kappa shape index (κ2) is 9.76. The van der Waals surface area contributed by atoms with Crippen LogP contribution in [0.4, 0.5) is 0 Å². The summed E-state index contributed by atoms with van der Waals surface area (Å²) in [5, 5.41) is 12.4. The molecule has 8 nitrogen and oxygen atoms in total. The van der Waals surface area contributed by atoms with Crippen LogP contribution in [-0.2, 0) is 16.0 Å². The minimum atomic E-state index is -0.756. The first kappa shape index (κ1) is 24.1. The fourth-order valence-corrected chi connectivity index (χ4v) is 3.07. The number of carbonyl (C=O) groups is 1. The SMILES string of the molecule is COC(=O)c1c(C)nc(C(N=C([O-])OC(C)(C)C)C(C)C)n(Cc2ccccc2)c1=O. The highest BCUT2D eigenvalue weighted by Gasteiger charge is 2.27. The molecular weight excluding hydrogens is 398 g/mol. The van der Waals surface area contributed by atoms with E-state index < -0.39 is 29.3 Å². The number of aryl methyl sites for hydroxylation is 1. The minimum absolute atomic E-state index is 0.137. The molecule has 0 amide bonds. The van der Waals surface area contributed by atoms with E-state index in [1.165, 1.54) is 11.7 Å². The van der Waals surface area contributed by atoms with Gasteiger partial charge in [-0.05, 0) is 18.4 Å². The maximum Gasteiger partial charge on any atom is 0.345 e. The molecule has 0 spiro atoms. The summed E-state index contributed by atoms with van der Waals surface area (Å²) >= 11 is 0. The van der Waals surface area contributed by atoms with E-state index in [0.717, 1.165) is 5.56 Å². The Morgan fingerprint density at radius 2 is 1.84 bits per heavy atom. The summed E-state index contributed by atoms with van der Waals surface area (Å²) in [6, 6.07) is 8.57. The van der Waals surface area contributed by atoms with Crippen molar-refractivity contribution in [3.8, 4) is 0 Å². The fourth-order valence-electron chi connectivity index (χ4n) is 3.07. The molecule has 1 unspecified atom stereocenters. The van der Waals surface area contributed by atoms with Crippen molar-refractivity contribution in [1.82, 2.24) is 9.55 Å². The smallest absolute Gasteiger partial charge is 0.345 e. The van der Waals surface area contributed by atoms with Crippen molar-refractivity contribution in [3.63, 3.8) is 0 Å². The van der Waals surface area contributed by atoms with Crippen LogP contribution in [0.25, 0.3) is 0 Å². The predicted octanol–water partition coefficient (Wildman–Crippen LogP) is 2.62. The van der Waals surface area contributed by atoms with Gasteiger partial charge in [0.15, 0.2) is 0 Å². The van der Waals surface area contributed by atoms with Crippen molar-refractivity contribution in [3.05, 3.63) is 63.3 Å². The van der Waals surface area contributed by atoms with Gasteiger partial charge in [-0.1, -0.05) is 65.0 Å². The number of esters is 1. The summed E-state index contributed by atoms with van der Waals surface area (Å²) in [5.74, 6) is -0.627. The van der Waals surface area contributed by atoms with Gasteiger partial charge in [-0.25, -0.2) is 9.78 Å². The molecule has 2 aromatic rings. The van der Waals surface area contributed by atoms with Crippen LogP contribution in [0.3, 0.4) is 0 Å². The zero-order valence-electron chi connectivity index (χ0n) is 19.1. The minimum Gasteiger partial charge on any atom is -0.595 e. The highest BCUT2D eigenvalue weighted by Crippen LogP contribution is 2.26. The molecular formula is C23H30N3O5-. The van der Waals surface area contributed by atoms with Crippen molar-refractivity contribution < 1.29 is 19.4 Å². The van der Waals surface area contributed by atoms with Gasteiger partial charge in [0.2, 0.25) is 0 Å². The molecule has 1 atom stereocenters. The van der Waals surface area contributed by atoms with E-state index in [2.05, 4.69) is 9.98 Å². The summed E-state index contributed by atoms with van der Waals surface area (Å²) in [6.45, 7) is 10.7. The maximum absolute atomic E-state index is 13.3. The summed E-state index contributed by atoms with van der Waals surface area (Å²) in [6.07, 6.45) is -0.735. The van der Waals surface area contributed by atoms with Crippen molar-refractivity contribution in [2.24, 2.45) is 10.9 Å². The zero-order valence-corrected chi connectivity index (χ0v) is 19.1. The first-order valence-corrected chi connectivity index (χ1v) is 10.1. The standard InChI is InChI=1S/C23H31N3O5/c1-14(2)18(25-22(29)31-23(4,5)6)19-24-15(3)17(21(28)30-7)20(27)26(19)13-16-11-9-8-10-12-16/h8-12,14,18H,13H2,1-7H3,(H,25,29)/p-1. The number of rotatable bonds is 6. The summed E-state index contributed by atoms with van der Waals surface area (Å²) in [7, 11) is 1.21. The lowest BCUT2D eigenvalue weighted by atomic mass is 10.0. The Balaban J connectivity index is 2.71. The Bertz CT molecular complexity index is 1000. The number of hydrogen-bond acceptors (Lipinski definition) is 7. The number of aliphatic imine (C=N–C) groups is 1. The van der Waals surface area contributed by atoms with Gasteiger partial charge in [0.1, 0.15) is 23.5 Å². The van der Waals surface area contributed by atoms with Crippen molar-refractivity contribution in [2.75, 3.05) is 7.11 Å². The van der Waals surface area contributed by atoms with Gasteiger partial charge in [-0.2, -0.15) is 0 Å². The summed E-state index contributed by atoms with van der Waals surface area (Å²) in [4.78, 5) is 34.3. The molecule has 0 radical (unpaired) electrons. The lowest BCUT2D eigenvalue weighted by molar-refractivity contribution is -0.261. The highest BCUT2D eigenvalue weighted by atomic mass is 16.6. The van der Waals surface area contributed by atoms with Gasteiger partial charge in [-0.3, -0.25) is 14.4 Å². The van der Waals surface area contributed by atoms with Crippen LogP contribution in [0, 0.1) is 12.8 Å². The predicted molar refractivity (Wildman–Crippen MR) is 116 cm³/mol. The van der Waals surface area contributed by atoms with Crippen molar-refractivity contribution in [1.29, 1.82) is 0 Å². The van der Waals surface area contributed by atoms with Crippen molar-refractivity contribution in [2.45, 2.75) is 59.7 Å². The van der Waals surface area contributed by atoms with Crippen LogP contribution in [0.15, 0.2) is 40.1 Å². The average molecular weight is 429 g/mol. The molecule has 0 aliphatic heterocycles. The van der Waals surface area contributed by atoms with Gasteiger partial charge < -0.3 is 14.6 Å². The molecule has 1 heterocycles. The zero-order chi connectivity index (χ0) is 23.3. The van der Waals surface area contributed by atoms with E-state index in [0.29, 0.717) is 5.82 Å². The second-order valence-electron chi connectivity index (χ2n) is 8.60. The fraction of sp³-hybridized carbons (Fsp3) is 0.478. The number of carbonyl (C=O) groups excluding carboxylic acids is 1. The third kappa shape index (κ3) is 6.16. The van der Waals surface area contributed by atoms with E-state index in [9.17, 15) is 14.7 Å². The van der Waals surface area contributed by atoms with Gasteiger partial charge in [0.05, 0.1) is 19.3 Å². The summed E-state index contributed by atoms with van der Waals surface area (Å²) in [5.41, 5.74) is -0.317. The molecule has 0 bridgehead atoms. The van der Waals surface area contributed by atoms with Crippen LogP contribution in [0.5, 0.6) is 0 Å². The number of benzene rings is 1. The van der Waals surface area contributed by atoms with E-state index in [-0.39, 0.29) is 23.7 Å². The molecule has 8 heteroatoms. The van der Waals surface area contributed by atoms with Gasteiger partial charge in [0, 0.05) is 5.60 Å². The molecule has 2 rings (SSSR count). The quantitative estimate of drug-likeness (QED) is 0.398. The van der Waals surface area contributed by atoms with Crippen molar-refractivity contribution >= 4 is 12.1 Å². The molecule has 0 aliphatic rings. The maximum atomic E-state index is 13.3. The Hall–Kier alpha value is -3.16. The number of ether oxygens (including phenoxy) is 2. The molecule has 0 saturated heterocycles. The molecule has 1 aromatic carbocycles. The van der Waals surface area contributed by atoms with Crippen LogP contribution >= 0.6 is 0 Å². The Morgan fingerprint density at radius 3 is 2.35 bits per heavy atom. The lowest BCUT2D eigenvalue weighted by Crippen LogP contribution is -2.36. The van der Waals surface area contributed by atoms with E-state index in [1.807, 2.05) is 44.2 Å². The number of hydrogen-bond donors (Lipinski definition) is 0. The normalized spacial score (nSPS) is 13.2. The van der Waals surface area contributed by atoms with Crippen LogP contribution < -0.4 is 10.7 Å². The summed E-state index contributed by atoms with van der Waals surface area (Å²) < 4.78 is 11.5. The average Bonchev–Trinajstić information content (AvgIpc) is 2.67. The molecule has 31 heavy (non-hydrogen) atoms. The molecule has 0 aliphatic carbocycles. The molecule has 168 valence electrons. The molecule has 0 N–H and O–H groups in total. The van der Waals surface area contributed by atoms with Gasteiger partial charge in [0.25, 0.3) is 5.56 Å². The first-order valence-electron chi connectivity index (χ1n) is 10.1. The molecule has 0 fully saturated rings. The van der Waals surface area contributed by atoms with Gasteiger partial charge >= 0.3 is 5.97 Å². The van der Waals surface area contributed by atoms with Crippen LogP contribution in [-0.4, -0.2) is 34.3 Å². The lowest BCUT2D eigenvalue weighted by Gasteiger charge is -2.31. The van der Waals surface area contributed by atoms with Crippen LogP contribution in [0.2, 0.25) is 0 Å². The monoisotopic (exact) mass is 428 g/mol. The van der Waals surface area contributed by atoms with E-state index in [4.69, 9.17) is 9.47 Å². The second-order valence-corrected chi connectivity index (χ2v) is 8.60. The number of nitrogens with zero attached hydrogens (tertiary/aromatic N) is 3. The number of aromatic nitrogens is 2. The Kier molecular flexibility index (Phi) is 7.60. The largest absolute Gasteiger partial charge is 0.595 e. The molecule has 1 aromatic heterocycles. The highest BCUT2D eigenvalue weighted by molar-refractivity contribution is 5.90. The van der Waals surface area contributed by atoms with Crippen LogP contribution in [0.1, 0.15) is 68.1 Å². The Labute approximate surface area is 182 Å². The molecule has 0 saturated carbocycles. The third-order valence-electron chi connectivity index (χ3n) is 4.49.